The predicted octanol–water partition coefficient (Wildman–Crippen LogP) is 7.01. The molecule has 0 radical (unpaired) electrons. The van der Waals surface area contributed by atoms with Crippen LogP contribution in [0.1, 0.15) is 35.6 Å². The zero-order valence-electron chi connectivity index (χ0n) is 19.5. The van der Waals surface area contributed by atoms with Crippen molar-refractivity contribution in [2.75, 3.05) is 5.32 Å². The number of halogens is 1. The maximum Gasteiger partial charge on any atom is 0.308 e. The summed E-state index contributed by atoms with van der Waals surface area (Å²) in [7, 11) is 0. The number of nitrogens with zero attached hydrogens (tertiary/aromatic N) is 1. The van der Waals surface area contributed by atoms with E-state index in [1.54, 1.807) is 4.57 Å². The Labute approximate surface area is 222 Å². The largest absolute Gasteiger partial charge is 0.325 e. The van der Waals surface area contributed by atoms with Crippen molar-refractivity contribution in [2.45, 2.75) is 42.0 Å². The van der Waals surface area contributed by atoms with Gasteiger partial charge in [0, 0.05) is 26.8 Å². The van der Waals surface area contributed by atoms with Crippen molar-refractivity contribution >= 4 is 57.1 Å². The highest BCUT2D eigenvalue weighted by Gasteiger charge is 2.55. The lowest BCUT2D eigenvalue weighted by atomic mass is 9.75. The number of thioether (sulfide) groups is 1. The summed E-state index contributed by atoms with van der Waals surface area (Å²) in [6.07, 6.45) is 3.85. The average Bonchev–Trinajstić information content (AvgIpc) is 3.58. The maximum atomic E-state index is 13.3. The topological polar surface area (TPSA) is 51.1 Å². The molecule has 2 heterocycles. The van der Waals surface area contributed by atoms with Crippen LogP contribution in [0.2, 0.25) is 5.02 Å². The van der Waals surface area contributed by atoms with Gasteiger partial charge in [0.2, 0.25) is 5.91 Å². The monoisotopic (exact) mass is 532 g/mol. The van der Waals surface area contributed by atoms with Gasteiger partial charge in [-0.2, -0.15) is 0 Å². The van der Waals surface area contributed by atoms with Crippen LogP contribution in [0.25, 0.3) is 10.8 Å². The Balaban J connectivity index is 1.22. The minimum Gasteiger partial charge on any atom is -0.325 e. The number of fused-ring (bicyclic) bond motifs is 7. The third-order valence-electron chi connectivity index (χ3n) is 8.25. The Morgan fingerprint density at radius 3 is 2.61 bits per heavy atom. The molecule has 2 aliphatic carbocycles. The highest BCUT2D eigenvalue weighted by molar-refractivity contribution is 8.00. The molecule has 5 unspecified atom stereocenters. The van der Waals surface area contributed by atoms with Crippen molar-refractivity contribution in [3.8, 4) is 0 Å². The third kappa shape index (κ3) is 3.73. The van der Waals surface area contributed by atoms with Crippen molar-refractivity contribution < 1.29 is 4.79 Å². The fourth-order valence-electron chi connectivity index (χ4n) is 6.74. The van der Waals surface area contributed by atoms with Crippen LogP contribution in [0.15, 0.2) is 76.6 Å². The van der Waals surface area contributed by atoms with Gasteiger partial charge in [-0.15, -0.1) is 11.8 Å². The van der Waals surface area contributed by atoms with E-state index in [0.29, 0.717) is 23.0 Å². The second kappa shape index (κ2) is 8.79. The zero-order valence-corrected chi connectivity index (χ0v) is 21.9. The summed E-state index contributed by atoms with van der Waals surface area (Å²) < 4.78 is 1.71. The van der Waals surface area contributed by atoms with Crippen molar-refractivity contribution in [2.24, 2.45) is 17.8 Å². The van der Waals surface area contributed by atoms with Gasteiger partial charge in [-0.3, -0.25) is 14.2 Å². The molecule has 4 aromatic rings. The quantitative estimate of drug-likeness (QED) is 0.307. The lowest BCUT2D eigenvalue weighted by Crippen LogP contribution is -2.34. The van der Waals surface area contributed by atoms with Crippen LogP contribution < -0.4 is 10.2 Å². The van der Waals surface area contributed by atoms with Crippen LogP contribution in [0.5, 0.6) is 0 Å². The number of aromatic nitrogens is 1. The molecule has 7 rings (SSSR count). The first kappa shape index (κ1) is 22.6. The van der Waals surface area contributed by atoms with Gasteiger partial charge in [-0.25, -0.2) is 0 Å². The van der Waals surface area contributed by atoms with E-state index in [4.69, 9.17) is 11.6 Å². The third-order valence-corrected chi connectivity index (χ3v) is 11.3. The van der Waals surface area contributed by atoms with Crippen LogP contribution in [-0.2, 0) is 11.3 Å². The van der Waals surface area contributed by atoms with Gasteiger partial charge in [0.05, 0.1) is 5.03 Å². The fraction of sp³-hybridized carbons (Fsp3) is 0.310. The molecule has 5 atom stereocenters. The Bertz CT molecular complexity index is 1540. The number of carbonyl (C=O) groups excluding carboxylic acids is 1. The zero-order chi connectivity index (χ0) is 24.4. The minimum absolute atomic E-state index is 0.0311. The van der Waals surface area contributed by atoms with Gasteiger partial charge in [0.25, 0.3) is 0 Å². The molecular weight excluding hydrogens is 508 g/mol. The van der Waals surface area contributed by atoms with E-state index in [0.717, 1.165) is 31.4 Å². The van der Waals surface area contributed by atoms with Crippen LogP contribution >= 0.6 is 34.7 Å². The number of nitrogens with one attached hydrogen (secondary N) is 1. The maximum absolute atomic E-state index is 13.3. The molecule has 1 aromatic heterocycles. The van der Waals surface area contributed by atoms with Crippen molar-refractivity contribution in [3.05, 3.63) is 91.9 Å². The van der Waals surface area contributed by atoms with Crippen LogP contribution in [0.4, 0.5) is 5.69 Å². The Morgan fingerprint density at radius 1 is 1.00 bits per heavy atom. The fourth-order valence-corrected chi connectivity index (χ4v) is 10.0. The van der Waals surface area contributed by atoms with Crippen molar-refractivity contribution in [1.29, 1.82) is 0 Å². The normalized spacial score (nSPS) is 26.1. The van der Waals surface area contributed by atoms with Gasteiger partial charge in [-0.1, -0.05) is 65.4 Å². The van der Waals surface area contributed by atoms with E-state index in [1.807, 2.05) is 60.3 Å². The van der Waals surface area contributed by atoms with Gasteiger partial charge < -0.3 is 5.32 Å². The highest BCUT2D eigenvalue weighted by atomic mass is 35.5. The van der Waals surface area contributed by atoms with Gasteiger partial charge >= 0.3 is 4.87 Å². The highest BCUT2D eigenvalue weighted by Crippen LogP contribution is 2.64. The molecule has 7 heteroatoms. The predicted molar refractivity (Wildman–Crippen MR) is 148 cm³/mol. The van der Waals surface area contributed by atoms with Crippen LogP contribution in [0.3, 0.4) is 0 Å². The van der Waals surface area contributed by atoms with Gasteiger partial charge in [0.15, 0.2) is 0 Å². The van der Waals surface area contributed by atoms with Gasteiger partial charge in [0.1, 0.15) is 6.54 Å². The molecule has 182 valence electrons. The number of benzene rings is 3. The summed E-state index contributed by atoms with van der Waals surface area (Å²) in [5.41, 5.74) is 1.98. The van der Waals surface area contributed by atoms with E-state index in [2.05, 4.69) is 23.5 Å². The molecule has 3 aromatic carbocycles. The molecule has 1 amide bonds. The molecule has 1 N–H and O–H groups in total. The minimum atomic E-state index is -0.174. The van der Waals surface area contributed by atoms with Crippen molar-refractivity contribution in [1.82, 2.24) is 4.57 Å². The summed E-state index contributed by atoms with van der Waals surface area (Å²) in [5, 5.41) is 7.43. The molecule has 2 fully saturated rings. The summed E-state index contributed by atoms with van der Waals surface area (Å²) >= 11 is 9.39. The summed E-state index contributed by atoms with van der Waals surface area (Å²) in [5.74, 6) is 1.97. The standard InChI is InChI=1S/C29H25ClN2O2S2/c30-21-10-7-17(8-11-21)24-25-19-5-6-20(13-19)26(25)35-28-27(24)36-29(34)32(28)15-23(33)31-22-12-9-16-3-1-2-4-18(16)14-22/h1-4,7-12,14,19-20,24-26H,5-6,13,15H2,(H,31,33). The van der Waals surface area contributed by atoms with Crippen LogP contribution in [0, 0.1) is 17.8 Å². The molecule has 4 nitrogen and oxygen atoms in total. The molecule has 2 bridgehead atoms. The Kier molecular flexibility index (Phi) is 5.53. The molecular formula is C29H25ClN2O2S2. The first-order chi connectivity index (χ1) is 17.5. The number of hydrogen-bond acceptors (Lipinski definition) is 4. The summed E-state index contributed by atoms with van der Waals surface area (Å²) in [6.45, 7) is 0.0311. The number of rotatable bonds is 4. The van der Waals surface area contributed by atoms with Crippen LogP contribution in [-0.4, -0.2) is 15.7 Å². The number of thiazole rings is 1. The first-order valence-corrected chi connectivity index (χ1v) is 14.6. The molecule has 0 saturated heterocycles. The Hall–Kier alpha value is -2.54. The molecule has 0 spiro atoms. The SMILES string of the molecule is O=C(Cn1c2c(sc1=O)C(c1ccc(Cl)cc1)C1C3CCC(C3)C1S2)Nc1ccc2ccccc2c1. The van der Waals surface area contributed by atoms with E-state index in [-0.39, 0.29) is 23.2 Å². The molecule has 3 aliphatic rings. The summed E-state index contributed by atoms with van der Waals surface area (Å²) in [6, 6.07) is 22.1. The number of hydrogen-bond donors (Lipinski definition) is 1. The second-order valence-corrected chi connectivity index (χ2v) is 12.9. The summed E-state index contributed by atoms with van der Waals surface area (Å²) in [4.78, 5) is 27.4. The number of amides is 1. The van der Waals surface area contributed by atoms with Crippen molar-refractivity contribution in [3.63, 3.8) is 0 Å². The van der Waals surface area contributed by atoms with E-state index in [1.165, 1.54) is 36.2 Å². The Morgan fingerprint density at radius 2 is 1.78 bits per heavy atom. The first-order valence-electron chi connectivity index (χ1n) is 12.5. The van der Waals surface area contributed by atoms with E-state index < -0.39 is 0 Å². The lowest BCUT2D eigenvalue weighted by molar-refractivity contribution is -0.116. The number of carbonyl (C=O) groups is 1. The lowest BCUT2D eigenvalue weighted by Gasteiger charge is -2.40. The van der Waals surface area contributed by atoms with Gasteiger partial charge in [-0.05, 0) is 77.6 Å². The van der Waals surface area contributed by atoms with E-state index >= 15 is 0 Å². The molecule has 36 heavy (non-hydrogen) atoms. The van der Waals surface area contributed by atoms with E-state index in [9.17, 15) is 9.59 Å². The molecule has 2 saturated carbocycles. The number of anilines is 1. The average molecular weight is 533 g/mol. The molecule has 1 aliphatic heterocycles. The second-order valence-electron chi connectivity index (χ2n) is 10.3. The smallest absolute Gasteiger partial charge is 0.308 e.